The number of Topliss-reactive ketones (excluding diaryl/α,β-unsaturated/α-hetero) is 1. The normalized spacial score (nSPS) is 10.4. The van der Waals surface area contributed by atoms with E-state index < -0.39 is 0 Å². The van der Waals surface area contributed by atoms with Crippen molar-refractivity contribution in [1.82, 2.24) is 14.9 Å². The van der Waals surface area contributed by atoms with Crippen LogP contribution in [-0.4, -0.2) is 40.2 Å². The third kappa shape index (κ3) is 5.01. The molecular formula is C22H22N4O2. The van der Waals surface area contributed by atoms with E-state index in [9.17, 15) is 9.59 Å². The SMILES string of the molecule is CC(=O)c1cccc(Nc2ccc(C(=O)N(C)CCc3ccncc3)nc2)c1. The molecule has 28 heavy (non-hydrogen) atoms. The molecule has 1 N–H and O–H groups in total. The lowest BCUT2D eigenvalue weighted by Crippen LogP contribution is -2.29. The van der Waals surface area contributed by atoms with Crippen LogP contribution in [0, 0.1) is 0 Å². The number of amides is 1. The molecule has 1 aromatic carbocycles. The van der Waals surface area contributed by atoms with Crippen LogP contribution in [0.15, 0.2) is 67.1 Å². The molecular weight excluding hydrogens is 352 g/mol. The first-order chi connectivity index (χ1) is 13.5. The minimum Gasteiger partial charge on any atom is -0.354 e. The number of nitrogens with one attached hydrogen (secondary N) is 1. The van der Waals surface area contributed by atoms with Crippen LogP contribution >= 0.6 is 0 Å². The smallest absolute Gasteiger partial charge is 0.272 e. The van der Waals surface area contributed by atoms with Gasteiger partial charge in [0.2, 0.25) is 0 Å². The first-order valence-corrected chi connectivity index (χ1v) is 9.01. The monoisotopic (exact) mass is 374 g/mol. The molecule has 0 saturated carbocycles. The predicted octanol–water partition coefficient (Wildman–Crippen LogP) is 3.74. The number of aromatic nitrogens is 2. The molecule has 0 aliphatic rings. The molecule has 0 spiro atoms. The Morgan fingerprint density at radius 1 is 1.04 bits per heavy atom. The average Bonchev–Trinajstić information content (AvgIpc) is 2.73. The van der Waals surface area contributed by atoms with Gasteiger partial charge in [-0.2, -0.15) is 0 Å². The van der Waals surface area contributed by atoms with Crippen molar-refractivity contribution < 1.29 is 9.59 Å². The molecule has 0 aliphatic carbocycles. The maximum Gasteiger partial charge on any atom is 0.272 e. The number of pyridine rings is 2. The van der Waals surface area contributed by atoms with Gasteiger partial charge in [-0.15, -0.1) is 0 Å². The number of ketones is 1. The first kappa shape index (κ1) is 19.2. The second-order valence-corrected chi connectivity index (χ2v) is 6.53. The van der Waals surface area contributed by atoms with E-state index in [1.807, 2.05) is 24.3 Å². The summed E-state index contributed by atoms with van der Waals surface area (Å²) in [5, 5.41) is 3.20. The third-order valence-corrected chi connectivity index (χ3v) is 4.37. The molecule has 0 aliphatic heterocycles. The highest BCUT2D eigenvalue weighted by atomic mass is 16.2. The van der Waals surface area contributed by atoms with Gasteiger partial charge in [0.25, 0.3) is 5.91 Å². The summed E-state index contributed by atoms with van der Waals surface area (Å²) < 4.78 is 0. The van der Waals surface area contributed by atoms with Gasteiger partial charge >= 0.3 is 0 Å². The molecule has 0 saturated heterocycles. The highest BCUT2D eigenvalue weighted by molar-refractivity contribution is 5.95. The Hall–Kier alpha value is -3.54. The second kappa shape index (κ2) is 8.90. The average molecular weight is 374 g/mol. The van der Waals surface area contributed by atoms with E-state index in [-0.39, 0.29) is 11.7 Å². The van der Waals surface area contributed by atoms with E-state index in [0.717, 1.165) is 23.4 Å². The predicted molar refractivity (Wildman–Crippen MR) is 109 cm³/mol. The van der Waals surface area contributed by atoms with E-state index in [1.54, 1.807) is 54.8 Å². The molecule has 3 rings (SSSR count). The van der Waals surface area contributed by atoms with Gasteiger partial charge in [0.05, 0.1) is 11.9 Å². The van der Waals surface area contributed by atoms with Crippen molar-refractivity contribution in [3.8, 4) is 0 Å². The number of hydrogen-bond acceptors (Lipinski definition) is 5. The number of rotatable bonds is 7. The fourth-order valence-electron chi connectivity index (χ4n) is 2.72. The summed E-state index contributed by atoms with van der Waals surface area (Å²) in [7, 11) is 1.77. The number of anilines is 2. The van der Waals surface area contributed by atoms with Gasteiger partial charge in [-0.05, 0) is 55.3 Å². The zero-order chi connectivity index (χ0) is 19.9. The Morgan fingerprint density at radius 2 is 1.82 bits per heavy atom. The minimum atomic E-state index is -0.126. The van der Waals surface area contributed by atoms with Gasteiger partial charge in [0.1, 0.15) is 5.69 Å². The molecule has 0 fully saturated rings. The van der Waals surface area contributed by atoms with Crippen LogP contribution in [0.25, 0.3) is 0 Å². The summed E-state index contributed by atoms with van der Waals surface area (Å²) in [4.78, 5) is 34.0. The Kier molecular flexibility index (Phi) is 6.11. The van der Waals surface area contributed by atoms with Crippen molar-refractivity contribution in [2.75, 3.05) is 18.9 Å². The van der Waals surface area contributed by atoms with Crippen LogP contribution in [0.5, 0.6) is 0 Å². The standard InChI is InChI=1S/C22H22N4O2/c1-16(27)18-4-3-5-19(14-18)25-20-6-7-21(24-15-20)22(28)26(2)13-10-17-8-11-23-12-9-17/h3-9,11-12,14-15,25H,10,13H2,1-2H3. The highest BCUT2D eigenvalue weighted by Crippen LogP contribution is 2.18. The lowest BCUT2D eigenvalue weighted by Gasteiger charge is -2.17. The number of carbonyl (C=O) groups is 2. The summed E-state index contributed by atoms with van der Waals surface area (Å²) in [6.07, 6.45) is 5.87. The molecule has 6 nitrogen and oxygen atoms in total. The van der Waals surface area contributed by atoms with E-state index in [4.69, 9.17) is 0 Å². The molecule has 3 aromatic rings. The van der Waals surface area contributed by atoms with E-state index in [0.29, 0.717) is 17.8 Å². The molecule has 1 amide bonds. The van der Waals surface area contributed by atoms with Crippen LogP contribution < -0.4 is 5.32 Å². The largest absolute Gasteiger partial charge is 0.354 e. The lowest BCUT2D eigenvalue weighted by molar-refractivity contribution is 0.0790. The topological polar surface area (TPSA) is 75.2 Å². The molecule has 0 bridgehead atoms. The lowest BCUT2D eigenvalue weighted by atomic mass is 10.1. The number of hydrogen-bond donors (Lipinski definition) is 1. The number of nitrogens with zero attached hydrogens (tertiary/aromatic N) is 3. The van der Waals surface area contributed by atoms with Gasteiger partial charge < -0.3 is 10.2 Å². The van der Waals surface area contributed by atoms with Gasteiger partial charge in [-0.1, -0.05) is 12.1 Å². The van der Waals surface area contributed by atoms with Crippen LogP contribution in [-0.2, 0) is 6.42 Å². The molecule has 2 heterocycles. The number of carbonyl (C=O) groups excluding carboxylic acids is 2. The van der Waals surface area contributed by atoms with E-state index >= 15 is 0 Å². The van der Waals surface area contributed by atoms with Crippen molar-refractivity contribution in [1.29, 1.82) is 0 Å². The zero-order valence-electron chi connectivity index (χ0n) is 15.9. The maximum atomic E-state index is 12.5. The van der Waals surface area contributed by atoms with Crippen LogP contribution in [0.3, 0.4) is 0 Å². The van der Waals surface area contributed by atoms with E-state index in [1.165, 1.54) is 6.92 Å². The van der Waals surface area contributed by atoms with E-state index in [2.05, 4.69) is 15.3 Å². The Labute approximate surface area is 164 Å². The third-order valence-electron chi connectivity index (χ3n) is 4.37. The van der Waals surface area contributed by atoms with Crippen molar-refractivity contribution in [3.63, 3.8) is 0 Å². The minimum absolute atomic E-state index is 0.0116. The fourth-order valence-corrected chi connectivity index (χ4v) is 2.72. The fraction of sp³-hybridized carbons (Fsp3) is 0.182. The van der Waals surface area contributed by atoms with Crippen LogP contribution in [0.1, 0.15) is 33.3 Å². The molecule has 2 aromatic heterocycles. The summed E-state index contributed by atoms with van der Waals surface area (Å²) in [5.41, 5.74) is 3.70. The van der Waals surface area contributed by atoms with Crippen molar-refractivity contribution in [2.24, 2.45) is 0 Å². The molecule has 0 radical (unpaired) electrons. The highest BCUT2D eigenvalue weighted by Gasteiger charge is 2.13. The van der Waals surface area contributed by atoms with Crippen molar-refractivity contribution in [3.05, 3.63) is 83.9 Å². The molecule has 0 atom stereocenters. The molecule has 142 valence electrons. The summed E-state index contributed by atoms with van der Waals surface area (Å²) in [6.45, 7) is 2.13. The van der Waals surface area contributed by atoms with Crippen molar-refractivity contribution >= 4 is 23.1 Å². The maximum absolute atomic E-state index is 12.5. The van der Waals surface area contributed by atoms with Gasteiger partial charge in [-0.25, -0.2) is 4.98 Å². The number of likely N-dealkylation sites (N-methyl/N-ethyl adjacent to an activating group) is 1. The first-order valence-electron chi connectivity index (χ1n) is 9.01. The summed E-state index contributed by atoms with van der Waals surface area (Å²) >= 11 is 0. The molecule has 6 heteroatoms. The zero-order valence-corrected chi connectivity index (χ0v) is 15.9. The Bertz CT molecular complexity index is 956. The quantitative estimate of drug-likeness (QED) is 0.638. The second-order valence-electron chi connectivity index (χ2n) is 6.53. The Balaban J connectivity index is 1.60. The summed E-state index contributed by atoms with van der Waals surface area (Å²) in [6, 6.07) is 14.6. The van der Waals surface area contributed by atoms with Gasteiger partial charge in [0.15, 0.2) is 5.78 Å². The van der Waals surface area contributed by atoms with Crippen LogP contribution in [0.2, 0.25) is 0 Å². The molecule has 0 unspecified atom stereocenters. The van der Waals surface area contributed by atoms with Gasteiger partial charge in [-0.3, -0.25) is 14.6 Å². The van der Waals surface area contributed by atoms with Gasteiger partial charge in [0, 0.05) is 37.2 Å². The summed E-state index contributed by atoms with van der Waals surface area (Å²) in [5.74, 6) is -0.114. The van der Waals surface area contributed by atoms with Crippen molar-refractivity contribution in [2.45, 2.75) is 13.3 Å². The van der Waals surface area contributed by atoms with Crippen LogP contribution in [0.4, 0.5) is 11.4 Å². The number of benzene rings is 1. The Morgan fingerprint density at radius 3 is 2.50 bits per heavy atom.